The summed E-state index contributed by atoms with van der Waals surface area (Å²) in [5.41, 5.74) is 0. The van der Waals surface area contributed by atoms with E-state index >= 15 is 0 Å². The summed E-state index contributed by atoms with van der Waals surface area (Å²) in [6.45, 7) is 1.14. The van der Waals surface area contributed by atoms with E-state index in [1.165, 1.54) is 0 Å². The molecule has 12 heavy (non-hydrogen) atoms. The highest BCUT2D eigenvalue weighted by Crippen LogP contribution is 2.00. The third-order valence-electron chi connectivity index (χ3n) is 1.14. The van der Waals surface area contributed by atoms with Crippen LogP contribution in [0.5, 0.6) is 0 Å². The largest absolute Gasteiger partial charge is 0.385 e. The molecule has 0 bridgehead atoms. The van der Waals surface area contributed by atoms with Gasteiger partial charge in [-0.3, -0.25) is 4.79 Å². The summed E-state index contributed by atoms with van der Waals surface area (Å²) in [5.74, 6) is -0.422. The van der Waals surface area contributed by atoms with E-state index in [1.807, 2.05) is 0 Å². The van der Waals surface area contributed by atoms with E-state index in [9.17, 15) is 13.6 Å². The summed E-state index contributed by atoms with van der Waals surface area (Å²) >= 11 is 2.95. The van der Waals surface area contributed by atoms with Gasteiger partial charge in [0.05, 0.1) is 4.83 Å². The smallest absolute Gasteiger partial charge is 0.265 e. The number of aliphatic hydroxyl groups excluding tert-OH is 1. The quantitative estimate of drug-likeness (QED) is 0.710. The molecule has 0 fully saturated rings. The highest BCUT2D eigenvalue weighted by molar-refractivity contribution is 9.10. The van der Waals surface area contributed by atoms with E-state index < -0.39 is 29.8 Å². The molecule has 2 atom stereocenters. The van der Waals surface area contributed by atoms with Crippen LogP contribution in [-0.4, -0.2) is 34.9 Å². The van der Waals surface area contributed by atoms with E-state index in [-0.39, 0.29) is 0 Å². The SMILES string of the molecule is CC(Br)C(=O)NCC(O)C(F)F. The highest BCUT2D eigenvalue weighted by Gasteiger charge is 2.18. The highest BCUT2D eigenvalue weighted by atomic mass is 79.9. The van der Waals surface area contributed by atoms with E-state index in [0.29, 0.717) is 0 Å². The molecule has 0 radical (unpaired) electrons. The van der Waals surface area contributed by atoms with Crippen LogP contribution in [0.4, 0.5) is 8.78 Å². The van der Waals surface area contributed by atoms with Gasteiger partial charge in [0.2, 0.25) is 5.91 Å². The van der Waals surface area contributed by atoms with Crippen LogP contribution in [0.3, 0.4) is 0 Å². The van der Waals surface area contributed by atoms with Crippen LogP contribution in [0.25, 0.3) is 0 Å². The molecule has 72 valence electrons. The lowest BCUT2D eigenvalue weighted by molar-refractivity contribution is -0.121. The maximum atomic E-state index is 11.7. The molecule has 0 rings (SSSR count). The molecule has 0 aromatic carbocycles. The second-order valence-electron chi connectivity index (χ2n) is 2.26. The molecular formula is C6H10BrF2NO2. The van der Waals surface area contributed by atoms with Crippen molar-refractivity contribution >= 4 is 21.8 Å². The predicted molar refractivity (Wildman–Crippen MR) is 43.4 cm³/mol. The van der Waals surface area contributed by atoms with Gasteiger partial charge in [0.25, 0.3) is 6.43 Å². The van der Waals surface area contributed by atoms with Gasteiger partial charge in [0.15, 0.2) is 0 Å². The summed E-state index contributed by atoms with van der Waals surface area (Å²) < 4.78 is 23.3. The molecule has 2 N–H and O–H groups in total. The Balaban J connectivity index is 3.61. The van der Waals surface area contributed by atoms with Gasteiger partial charge in [-0.25, -0.2) is 8.78 Å². The predicted octanol–water partition coefficient (Wildman–Crippen LogP) is 0.512. The number of nitrogens with one attached hydrogen (secondary N) is 1. The minimum absolute atomic E-state index is 0.422. The van der Waals surface area contributed by atoms with Crippen molar-refractivity contribution in [2.45, 2.75) is 24.3 Å². The first-order chi connectivity index (χ1) is 5.45. The molecule has 0 aromatic heterocycles. The number of alkyl halides is 3. The van der Waals surface area contributed by atoms with E-state index in [0.717, 1.165) is 0 Å². The Labute approximate surface area is 77.3 Å². The summed E-state index contributed by atoms with van der Waals surface area (Å²) in [4.78, 5) is 10.3. The molecule has 2 unspecified atom stereocenters. The number of halogens is 3. The maximum absolute atomic E-state index is 11.7. The Morgan fingerprint density at radius 3 is 2.50 bits per heavy atom. The van der Waals surface area contributed by atoms with Crippen molar-refractivity contribution in [1.82, 2.24) is 5.32 Å². The number of aliphatic hydroxyl groups is 1. The molecule has 6 heteroatoms. The lowest BCUT2D eigenvalue weighted by Gasteiger charge is -2.11. The Morgan fingerprint density at radius 1 is 1.67 bits per heavy atom. The Hall–Kier alpha value is -0.230. The first kappa shape index (κ1) is 11.8. The minimum atomic E-state index is -2.82. The molecular weight excluding hydrogens is 236 g/mol. The van der Waals surface area contributed by atoms with Gasteiger partial charge in [-0.2, -0.15) is 0 Å². The minimum Gasteiger partial charge on any atom is -0.385 e. The number of rotatable bonds is 4. The molecule has 1 amide bonds. The van der Waals surface area contributed by atoms with Crippen LogP contribution in [0, 0.1) is 0 Å². The zero-order chi connectivity index (χ0) is 9.72. The van der Waals surface area contributed by atoms with E-state index in [4.69, 9.17) is 5.11 Å². The fourth-order valence-electron chi connectivity index (χ4n) is 0.435. The average molecular weight is 246 g/mol. The summed E-state index contributed by atoms with van der Waals surface area (Å²) in [6.07, 6.45) is -4.61. The molecule has 0 aliphatic carbocycles. The van der Waals surface area contributed by atoms with Crippen molar-refractivity contribution in [2.24, 2.45) is 0 Å². The van der Waals surface area contributed by atoms with Gasteiger partial charge in [0, 0.05) is 6.54 Å². The first-order valence-electron chi connectivity index (χ1n) is 3.33. The van der Waals surface area contributed by atoms with Crippen LogP contribution in [0.2, 0.25) is 0 Å². The molecule has 0 aliphatic rings. The second kappa shape index (κ2) is 5.42. The lowest BCUT2D eigenvalue weighted by atomic mass is 10.3. The fourth-order valence-corrected chi connectivity index (χ4v) is 0.597. The Bertz CT molecular complexity index is 154. The number of hydrogen-bond acceptors (Lipinski definition) is 2. The van der Waals surface area contributed by atoms with Crippen molar-refractivity contribution in [3.8, 4) is 0 Å². The van der Waals surface area contributed by atoms with Crippen molar-refractivity contribution < 1.29 is 18.7 Å². The van der Waals surface area contributed by atoms with Crippen molar-refractivity contribution in [3.63, 3.8) is 0 Å². The number of carbonyl (C=O) groups is 1. The van der Waals surface area contributed by atoms with Crippen LogP contribution >= 0.6 is 15.9 Å². The van der Waals surface area contributed by atoms with Gasteiger partial charge in [-0.15, -0.1) is 0 Å². The van der Waals surface area contributed by atoms with Crippen molar-refractivity contribution in [2.75, 3.05) is 6.54 Å². The molecule has 0 heterocycles. The van der Waals surface area contributed by atoms with Gasteiger partial charge in [-0.05, 0) is 6.92 Å². The normalized spacial score (nSPS) is 15.8. The van der Waals surface area contributed by atoms with Gasteiger partial charge in [-0.1, -0.05) is 15.9 Å². The van der Waals surface area contributed by atoms with Crippen molar-refractivity contribution in [1.29, 1.82) is 0 Å². The van der Waals surface area contributed by atoms with Crippen LogP contribution in [0.1, 0.15) is 6.92 Å². The Kier molecular flexibility index (Phi) is 5.32. The monoisotopic (exact) mass is 245 g/mol. The van der Waals surface area contributed by atoms with Gasteiger partial charge in [0.1, 0.15) is 6.10 Å². The molecule has 0 aromatic rings. The third-order valence-corrected chi connectivity index (χ3v) is 1.55. The molecule has 0 saturated heterocycles. The molecule has 0 spiro atoms. The topological polar surface area (TPSA) is 49.3 Å². The third kappa shape index (κ3) is 4.61. The second-order valence-corrected chi connectivity index (χ2v) is 3.64. The Morgan fingerprint density at radius 2 is 2.17 bits per heavy atom. The summed E-state index contributed by atoms with van der Waals surface area (Å²) in [7, 11) is 0. The van der Waals surface area contributed by atoms with Crippen molar-refractivity contribution in [3.05, 3.63) is 0 Å². The van der Waals surface area contributed by atoms with E-state index in [2.05, 4.69) is 21.2 Å². The molecule has 3 nitrogen and oxygen atoms in total. The fraction of sp³-hybridized carbons (Fsp3) is 0.833. The number of carbonyl (C=O) groups excluding carboxylic acids is 1. The number of hydrogen-bond donors (Lipinski definition) is 2. The first-order valence-corrected chi connectivity index (χ1v) is 4.24. The van der Waals surface area contributed by atoms with Crippen LogP contribution in [-0.2, 0) is 4.79 Å². The number of amides is 1. The zero-order valence-electron chi connectivity index (χ0n) is 6.43. The van der Waals surface area contributed by atoms with Gasteiger partial charge >= 0.3 is 0 Å². The van der Waals surface area contributed by atoms with E-state index in [1.54, 1.807) is 6.92 Å². The van der Waals surface area contributed by atoms with Crippen LogP contribution < -0.4 is 5.32 Å². The standard InChI is InChI=1S/C6H10BrF2NO2/c1-3(7)6(12)10-2-4(11)5(8)9/h3-5,11H,2H2,1H3,(H,10,12). The lowest BCUT2D eigenvalue weighted by Crippen LogP contribution is -2.38. The summed E-state index contributed by atoms with van der Waals surface area (Å²) in [6, 6.07) is 0. The summed E-state index contributed by atoms with van der Waals surface area (Å²) in [5, 5.41) is 10.7. The maximum Gasteiger partial charge on any atom is 0.265 e. The van der Waals surface area contributed by atoms with Gasteiger partial charge < -0.3 is 10.4 Å². The average Bonchev–Trinajstić information content (AvgIpc) is 1.98. The molecule has 0 aliphatic heterocycles. The molecule has 0 saturated carbocycles. The zero-order valence-corrected chi connectivity index (χ0v) is 8.01. The van der Waals surface area contributed by atoms with Crippen LogP contribution in [0.15, 0.2) is 0 Å².